The average molecular weight is 464 g/mol. The lowest BCUT2D eigenvalue weighted by atomic mass is 10.1. The van der Waals surface area contributed by atoms with Crippen LogP contribution in [0.5, 0.6) is 11.5 Å². The normalized spacial score (nSPS) is 10.7. The first-order valence-corrected chi connectivity index (χ1v) is 10.8. The van der Waals surface area contributed by atoms with Gasteiger partial charge in [0.15, 0.2) is 5.43 Å². The lowest BCUT2D eigenvalue weighted by molar-refractivity contribution is -0.116. The van der Waals surface area contributed by atoms with E-state index >= 15 is 0 Å². The highest BCUT2D eigenvalue weighted by Gasteiger charge is 2.09. The smallest absolute Gasteiger partial charge is 0.224 e. The molecule has 33 heavy (non-hydrogen) atoms. The number of carbonyl (C=O) groups excluding carboxylic acids is 1. The third kappa shape index (κ3) is 5.73. The number of hydrogen-bond acceptors (Lipinski definition) is 5. The molecule has 0 spiro atoms. The van der Waals surface area contributed by atoms with Gasteiger partial charge < -0.3 is 19.2 Å². The van der Waals surface area contributed by atoms with Gasteiger partial charge in [0.05, 0.1) is 19.1 Å². The minimum atomic E-state index is -0.150. The molecule has 0 aliphatic heterocycles. The molecule has 168 valence electrons. The lowest BCUT2D eigenvalue weighted by Crippen LogP contribution is -2.12. The lowest BCUT2D eigenvalue weighted by Gasteiger charge is -2.08. The Kier molecular flexibility index (Phi) is 6.95. The summed E-state index contributed by atoms with van der Waals surface area (Å²) < 4.78 is 16.7. The monoisotopic (exact) mass is 463 g/mol. The Balaban J connectivity index is 1.33. The van der Waals surface area contributed by atoms with Crippen molar-refractivity contribution < 1.29 is 18.7 Å². The zero-order valence-electron chi connectivity index (χ0n) is 18.0. The molecule has 4 rings (SSSR count). The number of hydrogen-bond donors (Lipinski definition) is 1. The fraction of sp³-hybridized carbons (Fsp3) is 0.154. The van der Waals surface area contributed by atoms with Gasteiger partial charge in [-0.3, -0.25) is 9.59 Å². The van der Waals surface area contributed by atoms with Crippen molar-refractivity contribution >= 4 is 34.2 Å². The van der Waals surface area contributed by atoms with E-state index in [4.69, 9.17) is 25.5 Å². The second kappa shape index (κ2) is 10.2. The molecular weight excluding hydrogens is 442 g/mol. The summed E-state index contributed by atoms with van der Waals surface area (Å²) in [4.78, 5) is 24.7. The summed E-state index contributed by atoms with van der Waals surface area (Å²) in [6.45, 7) is 0.431. The largest absolute Gasteiger partial charge is 0.497 e. The molecule has 1 heterocycles. The molecule has 1 aromatic heterocycles. The molecule has 0 fully saturated rings. The molecule has 1 N–H and O–H groups in total. The highest BCUT2D eigenvalue weighted by atomic mass is 35.5. The molecule has 0 atom stereocenters. The van der Waals surface area contributed by atoms with Crippen molar-refractivity contribution in [1.29, 1.82) is 0 Å². The number of fused-ring (bicyclic) bond motifs is 1. The number of amides is 1. The highest BCUT2D eigenvalue weighted by Crippen LogP contribution is 2.25. The Bertz CT molecular complexity index is 1310. The number of halogens is 1. The molecule has 0 bridgehead atoms. The molecule has 3 aromatic carbocycles. The first kappa shape index (κ1) is 22.4. The van der Waals surface area contributed by atoms with Gasteiger partial charge in [-0.05, 0) is 73.2 Å². The van der Waals surface area contributed by atoms with Gasteiger partial charge in [0, 0.05) is 28.8 Å². The summed E-state index contributed by atoms with van der Waals surface area (Å²) in [5.74, 6) is 1.66. The van der Waals surface area contributed by atoms with Crippen molar-refractivity contribution in [2.24, 2.45) is 0 Å². The molecule has 7 heteroatoms. The van der Waals surface area contributed by atoms with E-state index in [0.29, 0.717) is 52.6 Å². The molecule has 6 nitrogen and oxygen atoms in total. The van der Waals surface area contributed by atoms with Crippen molar-refractivity contribution in [3.8, 4) is 22.8 Å². The van der Waals surface area contributed by atoms with Crippen LogP contribution in [-0.2, 0) is 4.79 Å². The van der Waals surface area contributed by atoms with Crippen LogP contribution in [0.4, 0.5) is 5.69 Å². The Morgan fingerprint density at radius 2 is 1.70 bits per heavy atom. The maximum Gasteiger partial charge on any atom is 0.224 e. The SMILES string of the molecule is COc1ccc2oc(-c3ccc(NC(=O)CCCOc4ccc(Cl)cc4)cc3)cc(=O)c2c1. The zero-order valence-corrected chi connectivity index (χ0v) is 18.7. The van der Waals surface area contributed by atoms with Crippen LogP contribution < -0.4 is 20.2 Å². The van der Waals surface area contributed by atoms with Crippen LogP contribution in [0, 0.1) is 0 Å². The van der Waals surface area contributed by atoms with Crippen molar-refractivity contribution in [1.82, 2.24) is 0 Å². The van der Waals surface area contributed by atoms with E-state index in [-0.39, 0.29) is 11.3 Å². The van der Waals surface area contributed by atoms with E-state index in [0.717, 1.165) is 11.3 Å². The summed E-state index contributed by atoms with van der Waals surface area (Å²) >= 11 is 5.84. The molecule has 0 aliphatic carbocycles. The van der Waals surface area contributed by atoms with Gasteiger partial charge in [-0.15, -0.1) is 0 Å². The van der Waals surface area contributed by atoms with Crippen LogP contribution in [-0.4, -0.2) is 19.6 Å². The van der Waals surface area contributed by atoms with Gasteiger partial charge in [-0.2, -0.15) is 0 Å². The molecule has 0 aliphatic rings. The fourth-order valence-corrected chi connectivity index (χ4v) is 3.43. The van der Waals surface area contributed by atoms with Crippen molar-refractivity contribution in [3.63, 3.8) is 0 Å². The van der Waals surface area contributed by atoms with Crippen LogP contribution in [0.2, 0.25) is 5.02 Å². The molecule has 1 amide bonds. The van der Waals surface area contributed by atoms with E-state index in [9.17, 15) is 9.59 Å². The number of benzene rings is 3. The quantitative estimate of drug-likeness (QED) is 0.328. The number of methoxy groups -OCH3 is 1. The second-order valence-corrected chi connectivity index (χ2v) is 7.80. The average Bonchev–Trinajstić information content (AvgIpc) is 2.83. The summed E-state index contributed by atoms with van der Waals surface area (Å²) in [5.41, 5.74) is 1.73. The van der Waals surface area contributed by atoms with Crippen LogP contribution in [0.3, 0.4) is 0 Å². The van der Waals surface area contributed by atoms with Crippen molar-refractivity contribution in [2.45, 2.75) is 12.8 Å². The van der Waals surface area contributed by atoms with E-state index in [1.807, 2.05) is 0 Å². The summed E-state index contributed by atoms with van der Waals surface area (Å²) in [7, 11) is 1.55. The van der Waals surface area contributed by atoms with Crippen LogP contribution in [0.25, 0.3) is 22.3 Å². The molecule has 0 saturated heterocycles. The first-order valence-electron chi connectivity index (χ1n) is 10.4. The van der Waals surface area contributed by atoms with Gasteiger partial charge >= 0.3 is 0 Å². The first-order chi connectivity index (χ1) is 16.0. The third-order valence-corrected chi connectivity index (χ3v) is 5.27. The van der Waals surface area contributed by atoms with E-state index in [1.165, 1.54) is 6.07 Å². The predicted octanol–water partition coefficient (Wildman–Crippen LogP) is 5.92. The van der Waals surface area contributed by atoms with Crippen LogP contribution >= 0.6 is 11.6 Å². The number of anilines is 1. The van der Waals surface area contributed by atoms with Crippen molar-refractivity contribution in [3.05, 3.63) is 88.0 Å². The minimum Gasteiger partial charge on any atom is -0.497 e. The molecular formula is C26H22ClNO5. The molecule has 0 saturated carbocycles. The summed E-state index contributed by atoms with van der Waals surface area (Å²) in [6, 6.07) is 20.8. The zero-order chi connectivity index (χ0) is 23.2. The summed E-state index contributed by atoms with van der Waals surface area (Å²) in [5, 5.41) is 3.97. The van der Waals surface area contributed by atoms with Crippen molar-refractivity contribution in [2.75, 3.05) is 19.0 Å². The third-order valence-electron chi connectivity index (χ3n) is 5.02. The Morgan fingerprint density at radius 1 is 0.970 bits per heavy atom. The molecule has 0 radical (unpaired) electrons. The predicted molar refractivity (Wildman–Crippen MR) is 129 cm³/mol. The highest BCUT2D eigenvalue weighted by molar-refractivity contribution is 6.30. The Morgan fingerprint density at radius 3 is 2.42 bits per heavy atom. The fourth-order valence-electron chi connectivity index (χ4n) is 3.30. The van der Waals surface area contributed by atoms with Gasteiger partial charge in [0.2, 0.25) is 5.91 Å². The van der Waals surface area contributed by atoms with Crippen LogP contribution in [0.1, 0.15) is 12.8 Å². The summed E-state index contributed by atoms with van der Waals surface area (Å²) in [6.07, 6.45) is 0.915. The minimum absolute atomic E-state index is 0.103. The molecule has 0 unspecified atom stereocenters. The maximum absolute atomic E-state index is 12.5. The topological polar surface area (TPSA) is 77.8 Å². The van der Waals surface area contributed by atoms with Gasteiger partial charge in [0.25, 0.3) is 0 Å². The van der Waals surface area contributed by atoms with Gasteiger partial charge in [-0.1, -0.05) is 11.6 Å². The number of nitrogens with one attached hydrogen (secondary N) is 1. The van der Waals surface area contributed by atoms with Gasteiger partial charge in [-0.25, -0.2) is 0 Å². The number of carbonyl (C=O) groups is 1. The molecule has 4 aromatic rings. The second-order valence-electron chi connectivity index (χ2n) is 7.37. The van der Waals surface area contributed by atoms with E-state index in [2.05, 4.69) is 5.32 Å². The van der Waals surface area contributed by atoms with E-state index < -0.39 is 0 Å². The van der Waals surface area contributed by atoms with Gasteiger partial charge in [0.1, 0.15) is 22.8 Å². The van der Waals surface area contributed by atoms with E-state index in [1.54, 1.807) is 73.8 Å². The number of ether oxygens (including phenoxy) is 2. The maximum atomic E-state index is 12.5. The van der Waals surface area contributed by atoms with Crippen LogP contribution in [0.15, 0.2) is 82.0 Å². The Labute approximate surface area is 195 Å². The Hall–Kier alpha value is -3.77. The standard InChI is InChI=1S/C26H22ClNO5/c1-31-21-12-13-24-22(15-21)23(29)16-25(33-24)17-4-8-19(9-5-17)28-26(30)3-2-14-32-20-10-6-18(27)7-11-20/h4-13,15-16H,2-3,14H2,1H3,(H,28,30). The number of rotatable bonds is 8.